The van der Waals surface area contributed by atoms with E-state index in [2.05, 4.69) is 22.9 Å². The molecule has 5 nitrogen and oxygen atoms in total. The van der Waals surface area contributed by atoms with E-state index in [-0.39, 0.29) is 16.6 Å². The largest absolute Gasteiger partial charge is 0.459 e. The molecular formula is C14H18BrNO4S. The van der Waals surface area contributed by atoms with Crippen LogP contribution in [0.3, 0.4) is 0 Å². The molecule has 7 heteroatoms. The van der Waals surface area contributed by atoms with Crippen LogP contribution in [0.2, 0.25) is 0 Å². The zero-order valence-corrected chi connectivity index (χ0v) is 14.1. The van der Waals surface area contributed by atoms with Crippen LogP contribution >= 0.6 is 15.9 Å². The van der Waals surface area contributed by atoms with Gasteiger partial charge >= 0.3 is 5.97 Å². The number of halogens is 1. The van der Waals surface area contributed by atoms with Gasteiger partial charge in [-0.05, 0) is 49.8 Å². The van der Waals surface area contributed by atoms with Gasteiger partial charge in [0.05, 0.1) is 10.5 Å². The summed E-state index contributed by atoms with van der Waals surface area (Å²) in [4.78, 5) is 12.0. The second kappa shape index (κ2) is 6.46. The second-order valence-electron chi connectivity index (χ2n) is 5.51. The lowest BCUT2D eigenvalue weighted by atomic mass is 9.89. The lowest BCUT2D eigenvalue weighted by molar-refractivity contribution is 0.0173. The van der Waals surface area contributed by atoms with Crippen LogP contribution < -0.4 is 5.14 Å². The van der Waals surface area contributed by atoms with E-state index < -0.39 is 16.0 Å². The number of nitrogens with two attached hydrogens (primary N) is 1. The minimum Gasteiger partial charge on any atom is -0.459 e. The van der Waals surface area contributed by atoms with Crippen molar-refractivity contribution < 1.29 is 17.9 Å². The molecule has 0 heterocycles. The Labute approximate surface area is 133 Å². The number of benzene rings is 1. The third-order valence-electron chi connectivity index (χ3n) is 3.67. The Kier molecular flexibility index (Phi) is 5.06. The molecule has 0 aromatic heterocycles. The monoisotopic (exact) mass is 375 g/mol. The van der Waals surface area contributed by atoms with Gasteiger partial charge in [0.25, 0.3) is 0 Å². The third-order valence-corrected chi connectivity index (χ3v) is 5.02. The maximum absolute atomic E-state index is 12.1. The second-order valence-corrected chi connectivity index (χ2v) is 7.98. The molecule has 0 amide bonds. The summed E-state index contributed by atoms with van der Waals surface area (Å²) >= 11 is 3.18. The Balaban J connectivity index is 2.14. The van der Waals surface area contributed by atoms with Crippen molar-refractivity contribution in [3.63, 3.8) is 0 Å². The van der Waals surface area contributed by atoms with Gasteiger partial charge in [0.15, 0.2) is 0 Å². The molecule has 1 aromatic rings. The van der Waals surface area contributed by atoms with E-state index in [4.69, 9.17) is 9.88 Å². The van der Waals surface area contributed by atoms with Crippen LogP contribution in [0.15, 0.2) is 27.6 Å². The summed E-state index contributed by atoms with van der Waals surface area (Å²) in [6.45, 7) is 2.19. The van der Waals surface area contributed by atoms with Gasteiger partial charge in [0, 0.05) is 4.47 Å². The lowest BCUT2D eigenvalue weighted by Crippen LogP contribution is -2.24. The fraction of sp³-hybridized carbons (Fsp3) is 0.500. The third kappa shape index (κ3) is 4.52. The van der Waals surface area contributed by atoms with Crippen LogP contribution in [0, 0.1) is 5.92 Å². The number of carbonyl (C=O) groups is 1. The van der Waals surface area contributed by atoms with E-state index in [0.717, 1.165) is 25.7 Å². The van der Waals surface area contributed by atoms with E-state index in [1.807, 2.05) is 0 Å². The molecule has 0 saturated heterocycles. The Bertz CT molecular complexity index is 636. The summed E-state index contributed by atoms with van der Waals surface area (Å²) < 4.78 is 28.7. The molecule has 0 unspecified atom stereocenters. The van der Waals surface area contributed by atoms with Crippen molar-refractivity contribution in [1.82, 2.24) is 0 Å². The van der Waals surface area contributed by atoms with E-state index in [1.54, 1.807) is 0 Å². The quantitative estimate of drug-likeness (QED) is 0.822. The van der Waals surface area contributed by atoms with Crippen molar-refractivity contribution in [2.45, 2.75) is 43.6 Å². The van der Waals surface area contributed by atoms with Crippen molar-refractivity contribution >= 4 is 31.9 Å². The average molecular weight is 376 g/mol. The van der Waals surface area contributed by atoms with Gasteiger partial charge in [0.1, 0.15) is 6.10 Å². The fourth-order valence-corrected chi connectivity index (χ4v) is 3.64. The van der Waals surface area contributed by atoms with Crippen LogP contribution in [0.4, 0.5) is 0 Å². The summed E-state index contributed by atoms with van der Waals surface area (Å²) in [7, 11) is -3.86. The molecule has 2 N–H and O–H groups in total. The Morgan fingerprint density at radius 2 is 1.86 bits per heavy atom. The number of sulfonamides is 1. The highest BCUT2D eigenvalue weighted by Crippen LogP contribution is 2.27. The number of rotatable bonds is 3. The molecule has 0 atom stereocenters. The maximum Gasteiger partial charge on any atom is 0.338 e. The van der Waals surface area contributed by atoms with E-state index in [9.17, 15) is 13.2 Å². The van der Waals surface area contributed by atoms with E-state index in [1.165, 1.54) is 18.2 Å². The fourth-order valence-electron chi connectivity index (χ4n) is 2.41. The number of hydrogen-bond acceptors (Lipinski definition) is 4. The van der Waals surface area contributed by atoms with Gasteiger partial charge in [-0.2, -0.15) is 0 Å². The zero-order chi connectivity index (χ0) is 15.6. The van der Waals surface area contributed by atoms with Gasteiger partial charge in [-0.15, -0.1) is 0 Å². The van der Waals surface area contributed by atoms with Crippen LogP contribution in [0.5, 0.6) is 0 Å². The lowest BCUT2D eigenvalue weighted by Gasteiger charge is -2.26. The molecule has 0 bridgehead atoms. The normalized spacial score (nSPS) is 22.8. The molecule has 0 aliphatic heterocycles. The van der Waals surface area contributed by atoms with Crippen molar-refractivity contribution in [3.05, 3.63) is 28.2 Å². The highest BCUT2D eigenvalue weighted by atomic mass is 79.9. The molecule has 116 valence electrons. The van der Waals surface area contributed by atoms with Crippen molar-refractivity contribution in [1.29, 1.82) is 0 Å². The molecule has 1 aromatic carbocycles. The van der Waals surface area contributed by atoms with Gasteiger partial charge in [-0.25, -0.2) is 18.4 Å². The first-order valence-corrected chi connectivity index (χ1v) is 9.14. The first-order valence-electron chi connectivity index (χ1n) is 6.80. The summed E-state index contributed by atoms with van der Waals surface area (Å²) in [6, 6.07) is 4.13. The summed E-state index contributed by atoms with van der Waals surface area (Å²) in [6.07, 6.45) is 3.69. The van der Waals surface area contributed by atoms with Gasteiger partial charge in [-0.3, -0.25) is 0 Å². The van der Waals surface area contributed by atoms with Crippen LogP contribution in [-0.2, 0) is 14.8 Å². The predicted molar refractivity (Wildman–Crippen MR) is 82.4 cm³/mol. The van der Waals surface area contributed by atoms with Crippen molar-refractivity contribution in [2.24, 2.45) is 11.1 Å². The van der Waals surface area contributed by atoms with Crippen LogP contribution in [0.1, 0.15) is 43.0 Å². The molecule has 21 heavy (non-hydrogen) atoms. The smallest absolute Gasteiger partial charge is 0.338 e. The molecule has 1 fully saturated rings. The molecule has 0 spiro atoms. The van der Waals surface area contributed by atoms with E-state index in [0.29, 0.717) is 10.4 Å². The number of hydrogen-bond donors (Lipinski definition) is 1. The first kappa shape index (κ1) is 16.5. The van der Waals surface area contributed by atoms with Crippen LogP contribution in [-0.4, -0.2) is 20.5 Å². The molecule has 1 saturated carbocycles. The molecular weight excluding hydrogens is 358 g/mol. The SMILES string of the molecule is CC1CCC(OC(=O)c2cc(Br)cc(S(N)(=O)=O)c2)CC1. The van der Waals surface area contributed by atoms with Gasteiger partial charge in [-0.1, -0.05) is 22.9 Å². The highest BCUT2D eigenvalue weighted by Gasteiger charge is 2.23. The average Bonchev–Trinajstić information content (AvgIpc) is 2.39. The molecule has 2 rings (SSSR count). The molecule has 1 aliphatic rings. The number of primary sulfonamides is 1. The van der Waals surface area contributed by atoms with Gasteiger partial charge in [0.2, 0.25) is 10.0 Å². The number of ether oxygens (including phenoxy) is 1. The standard InChI is InChI=1S/C14H18BrNO4S/c1-9-2-4-12(5-3-9)20-14(17)10-6-11(15)8-13(7-10)21(16,18)19/h6-9,12H,2-5H2,1H3,(H2,16,18,19). The number of carbonyl (C=O) groups excluding carboxylic acids is 1. The summed E-state index contributed by atoms with van der Waals surface area (Å²) in [5.74, 6) is 0.153. The summed E-state index contributed by atoms with van der Waals surface area (Å²) in [5, 5.41) is 5.09. The topological polar surface area (TPSA) is 86.5 Å². The van der Waals surface area contributed by atoms with Gasteiger partial charge < -0.3 is 4.74 Å². The number of esters is 1. The summed E-state index contributed by atoms with van der Waals surface area (Å²) in [5.41, 5.74) is 0.187. The minimum atomic E-state index is -3.86. The molecule has 0 radical (unpaired) electrons. The minimum absolute atomic E-state index is 0.0920. The predicted octanol–water partition coefficient (Wildman–Crippen LogP) is 2.83. The molecule has 1 aliphatic carbocycles. The van der Waals surface area contributed by atoms with E-state index >= 15 is 0 Å². The maximum atomic E-state index is 12.1. The van der Waals surface area contributed by atoms with Crippen LogP contribution in [0.25, 0.3) is 0 Å². The zero-order valence-electron chi connectivity index (χ0n) is 11.7. The van der Waals surface area contributed by atoms with Crippen molar-refractivity contribution in [2.75, 3.05) is 0 Å². The first-order chi connectivity index (χ1) is 9.75. The Morgan fingerprint density at radius 1 is 1.24 bits per heavy atom. The Hall–Kier alpha value is -0.920. The Morgan fingerprint density at radius 3 is 2.43 bits per heavy atom. The van der Waals surface area contributed by atoms with Crippen molar-refractivity contribution in [3.8, 4) is 0 Å². The highest BCUT2D eigenvalue weighted by molar-refractivity contribution is 9.10.